The van der Waals surface area contributed by atoms with Crippen molar-refractivity contribution in [3.05, 3.63) is 0 Å². The predicted octanol–water partition coefficient (Wildman–Crippen LogP) is 0.509. The Labute approximate surface area is 68.6 Å². The van der Waals surface area contributed by atoms with Crippen LogP contribution in [0.25, 0.3) is 0 Å². The summed E-state index contributed by atoms with van der Waals surface area (Å²) >= 11 is 0. The maximum absolute atomic E-state index is 11.2. The van der Waals surface area contributed by atoms with Gasteiger partial charge in [-0.3, -0.25) is 4.79 Å². The van der Waals surface area contributed by atoms with Gasteiger partial charge in [0, 0.05) is 5.54 Å². The maximum Gasteiger partial charge on any atom is 0.237 e. The summed E-state index contributed by atoms with van der Waals surface area (Å²) in [5.74, 6) is 0.0417. The van der Waals surface area contributed by atoms with Crippen LogP contribution in [0, 0.1) is 0 Å². The van der Waals surface area contributed by atoms with Crippen molar-refractivity contribution in [3.63, 3.8) is 0 Å². The van der Waals surface area contributed by atoms with Crippen LogP contribution < -0.4 is 10.6 Å². The van der Waals surface area contributed by atoms with E-state index in [0.717, 1.165) is 0 Å². The molecule has 3 nitrogen and oxygen atoms in total. The third-order valence-electron chi connectivity index (χ3n) is 1.32. The van der Waals surface area contributed by atoms with Crippen molar-refractivity contribution >= 4 is 5.91 Å². The molecule has 0 radical (unpaired) electrons. The molecule has 0 aromatic carbocycles. The van der Waals surface area contributed by atoms with E-state index in [9.17, 15) is 4.79 Å². The van der Waals surface area contributed by atoms with Gasteiger partial charge in [0.15, 0.2) is 0 Å². The van der Waals surface area contributed by atoms with Gasteiger partial charge in [-0.1, -0.05) is 0 Å². The van der Waals surface area contributed by atoms with E-state index in [1.807, 2.05) is 27.7 Å². The van der Waals surface area contributed by atoms with Crippen LogP contribution in [0.1, 0.15) is 27.7 Å². The molecule has 1 atom stereocenters. The molecule has 0 saturated heterocycles. The molecule has 0 aliphatic heterocycles. The second-order valence-corrected chi connectivity index (χ2v) is 3.75. The van der Waals surface area contributed by atoms with Gasteiger partial charge in [-0.25, -0.2) is 0 Å². The summed E-state index contributed by atoms with van der Waals surface area (Å²) < 4.78 is 0. The lowest BCUT2D eigenvalue weighted by Crippen LogP contribution is -2.48. The van der Waals surface area contributed by atoms with Crippen molar-refractivity contribution in [2.45, 2.75) is 39.3 Å². The molecule has 0 aliphatic carbocycles. The summed E-state index contributed by atoms with van der Waals surface area (Å²) in [5, 5.41) is 5.74. The van der Waals surface area contributed by atoms with E-state index in [1.165, 1.54) is 0 Å². The Balaban J connectivity index is 3.88. The number of carbonyl (C=O) groups excluding carboxylic acids is 1. The van der Waals surface area contributed by atoms with Gasteiger partial charge in [-0.2, -0.15) is 0 Å². The van der Waals surface area contributed by atoms with Gasteiger partial charge >= 0.3 is 0 Å². The SMILES string of the molecule is CN[C@H](C)C(=O)NC(C)(C)C. The van der Waals surface area contributed by atoms with Crippen LogP contribution in [0.2, 0.25) is 0 Å². The second-order valence-electron chi connectivity index (χ2n) is 3.75. The predicted molar refractivity (Wildman–Crippen MR) is 46.4 cm³/mol. The van der Waals surface area contributed by atoms with Crippen molar-refractivity contribution in [1.29, 1.82) is 0 Å². The lowest BCUT2D eigenvalue weighted by Gasteiger charge is -2.22. The molecule has 0 saturated carbocycles. The summed E-state index contributed by atoms with van der Waals surface area (Å²) in [7, 11) is 1.77. The van der Waals surface area contributed by atoms with E-state index < -0.39 is 0 Å². The van der Waals surface area contributed by atoms with Crippen molar-refractivity contribution in [1.82, 2.24) is 10.6 Å². The molecule has 3 heteroatoms. The largest absolute Gasteiger partial charge is 0.350 e. The number of rotatable bonds is 2. The van der Waals surface area contributed by atoms with Crippen molar-refractivity contribution in [2.24, 2.45) is 0 Å². The Bertz CT molecular complexity index is 138. The van der Waals surface area contributed by atoms with Gasteiger partial charge in [0.2, 0.25) is 5.91 Å². The van der Waals surface area contributed by atoms with Crippen LogP contribution in [0.5, 0.6) is 0 Å². The Kier molecular flexibility index (Phi) is 3.52. The monoisotopic (exact) mass is 158 g/mol. The van der Waals surface area contributed by atoms with Gasteiger partial charge < -0.3 is 10.6 Å². The number of carbonyl (C=O) groups is 1. The Morgan fingerprint density at radius 2 is 1.82 bits per heavy atom. The first-order valence-corrected chi connectivity index (χ1v) is 3.86. The highest BCUT2D eigenvalue weighted by atomic mass is 16.2. The number of nitrogens with one attached hydrogen (secondary N) is 2. The second kappa shape index (κ2) is 3.72. The highest BCUT2D eigenvalue weighted by Gasteiger charge is 2.17. The zero-order valence-corrected chi connectivity index (χ0v) is 7.99. The summed E-state index contributed by atoms with van der Waals surface area (Å²) in [5.41, 5.74) is -0.137. The van der Waals surface area contributed by atoms with Crippen molar-refractivity contribution < 1.29 is 4.79 Å². The molecule has 0 unspecified atom stereocenters. The molecule has 0 aromatic heterocycles. The van der Waals surface area contributed by atoms with E-state index in [2.05, 4.69) is 10.6 Å². The fourth-order valence-corrected chi connectivity index (χ4v) is 0.609. The quantitative estimate of drug-likeness (QED) is 0.614. The van der Waals surface area contributed by atoms with Gasteiger partial charge in [0.25, 0.3) is 0 Å². The first kappa shape index (κ1) is 10.4. The summed E-state index contributed by atoms with van der Waals surface area (Å²) in [6, 6.07) is -0.116. The smallest absolute Gasteiger partial charge is 0.237 e. The first-order chi connectivity index (χ1) is 4.87. The topological polar surface area (TPSA) is 41.1 Å². The molecule has 0 aliphatic rings. The highest BCUT2D eigenvalue weighted by Crippen LogP contribution is 1.98. The van der Waals surface area contributed by atoms with E-state index >= 15 is 0 Å². The average Bonchev–Trinajstić information content (AvgIpc) is 1.82. The lowest BCUT2D eigenvalue weighted by atomic mass is 10.1. The molecule has 66 valence electrons. The van der Waals surface area contributed by atoms with Crippen LogP contribution in [0.15, 0.2) is 0 Å². The van der Waals surface area contributed by atoms with Crippen LogP contribution in [-0.4, -0.2) is 24.5 Å². The molecule has 2 N–H and O–H groups in total. The molecular formula is C8H18N2O. The Morgan fingerprint density at radius 1 is 1.36 bits per heavy atom. The highest BCUT2D eigenvalue weighted by molar-refractivity contribution is 5.81. The molecule has 0 bridgehead atoms. The fourth-order valence-electron chi connectivity index (χ4n) is 0.609. The summed E-state index contributed by atoms with van der Waals surface area (Å²) in [4.78, 5) is 11.2. The van der Waals surface area contributed by atoms with Gasteiger partial charge in [0.05, 0.1) is 6.04 Å². The van der Waals surface area contributed by atoms with E-state index in [-0.39, 0.29) is 17.5 Å². The van der Waals surface area contributed by atoms with Gasteiger partial charge in [-0.05, 0) is 34.7 Å². The minimum atomic E-state index is -0.137. The van der Waals surface area contributed by atoms with E-state index in [0.29, 0.717) is 0 Å². The summed E-state index contributed by atoms with van der Waals surface area (Å²) in [6.07, 6.45) is 0. The molecule has 0 aromatic rings. The zero-order valence-electron chi connectivity index (χ0n) is 7.99. The molecule has 0 spiro atoms. The van der Waals surface area contributed by atoms with Crippen molar-refractivity contribution in [3.8, 4) is 0 Å². The van der Waals surface area contributed by atoms with E-state index in [1.54, 1.807) is 7.05 Å². The van der Waals surface area contributed by atoms with E-state index in [4.69, 9.17) is 0 Å². The third kappa shape index (κ3) is 4.79. The Morgan fingerprint density at radius 3 is 2.09 bits per heavy atom. The molecule has 0 fully saturated rings. The lowest BCUT2D eigenvalue weighted by molar-refractivity contribution is -0.124. The molecule has 0 heterocycles. The standard InChI is InChI=1S/C8H18N2O/c1-6(9-5)7(11)10-8(2,3)4/h6,9H,1-5H3,(H,10,11)/t6-/m1/s1. The maximum atomic E-state index is 11.2. The minimum absolute atomic E-state index is 0.0417. The summed E-state index contributed by atoms with van der Waals surface area (Å²) in [6.45, 7) is 7.73. The van der Waals surface area contributed by atoms with Gasteiger partial charge in [0.1, 0.15) is 0 Å². The average molecular weight is 158 g/mol. The number of hydrogen-bond acceptors (Lipinski definition) is 2. The van der Waals surface area contributed by atoms with Crippen molar-refractivity contribution in [2.75, 3.05) is 7.05 Å². The molecule has 0 rings (SSSR count). The number of hydrogen-bond donors (Lipinski definition) is 2. The Hall–Kier alpha value is -0.570. The normalized spacial score (nSPS) is 14.3. The van der Waals surface area contributed by atoms with Crippen LogP contribution >= 0.6 is 0 Å². The minimum Gasteiger partial charge on any atom is -0.350 e. The zero-order chi connectivity index (χ0) is 9.07. The first-order valence-electron chi connectivity index (χ1n) is 3.86. The van der Waals surface area contributed by atoms with Crippen LogP contribution in [-0.2, 0) is 4.79 Å². The van der Waals surface area contributed by atoms with Crippen LogP contribution in [0.4, 0.5) is 0 Å². The molecule has 1 amide bonds. The number of likely N-dealkylation sites (N-methyl/N-ethyl adjacent to an activating group) is 1. The fraction of sp³-hybridized carbons (Fsp3) is 0.875. The van der Waals surface area contributed by atoms with Crippen LogP contribution in [0.3, 0.4) is 0 Å². The number of amides is 1. The molecule has 11 heavy (non-hydrogen) atoms. The third-order valence-corrected chi connectivity index (χ3v) is 1.32. The molecular weight excluding hydrogens is 140 g/mol. The van der Waals surface area contributed by atoms with Gasteiger partial charge in [-0.15, -0.1) is 0 Å².